The van der Waals surface area contributed by atoms with Gasteiger partial charge in [-0.15, -0.1) is 0 Å². The van der Waals surface area contributed by atoms with Crippen molar-refractivity contribution in [1.82, 2.24) is 5.32 Å². The number of hydrogen-bond donors (Lipinski definition) is 2. The Balaban J connectivity index is 1.59. The van der Waals surface area contributed by atoms with Gasteiger partial charge in [-0.05, 0) is 24.6 Å². The summed E-state index contributed by atoms with van der Waals surface area (Å²) in [6.45, 7) is 2.55. The highest BCUT2D eigenvalue weighted by molar-refractivity contribution is 5.57. The molecule has 1 aromatic heterocycles. The first-order valence-electron chi connectivity index (χ1n) is 7.84. The van der Waals surface area contributed by atoms with Crippen molar-refractivity contribution in [3.63, 3.8) is 0 Å². The average Bonchev–Trinajstić information content (AvgIpc) is 3.09. The molecular weight excluding hydrogens is 286 g/mol. The summed E-state index contributed by atoms with van der Waals surface area (Å²) in [4.78, 5) is 0. The van der Waals surface area contributed by atoms with Crippen LogP contribution in [0.2, 0.25) is 0 Å². The Hall–Kier alpha value is -2.36. The van der Waals surface area contributed by atoms with E-state index in [0.717, 1.165) is 22.6 Å². The van der Waals surface area contributed by atoms with E-state index >= 15 is 0 Å². The van der Waals surface area contributed by atoms with E-state index < -0.39 is 6.10 Å². The fourth-order valence-corrected chi connectivity index (χ4v) is 2.54. The molecule has 0 amide bonds. The highest BCUT2D eigenvalue weighted by atomic mass is 16.3. The molecular formula is C20H21NO2. The second kappa shape index (κ2) is 7.27. The van der Waals surface area contributed by atoms with Crippen LogP contribution in [0.1, 0.15) is 24.4 Å². The fraction of sp³-hybridized carbons (Fsp3) is 0.200. The largest absolute Gasteiger partial charge is 0.460 e. The van der Waals surface area contributed by atoms with Gasteiger partial charge in [0, 0.05) is 11.6 Å². The summed E-state index contributed by atoms with van der Waals surface area (Å²) < 4.78 is 5.86. The minimum absolute atomic E-state index is 0.0670. The Bertz CT molecular complexity index is 722. The zero-order valence-corrected chi connectivity index (χ0v) is 13.1. The van der Waals surface area contributed by atoms with E-state index in [-0.39, 0.29) is 6.04 Å². The van der Waals surface area contributed by atoms with E-state index in [2.05, 4.69) is 5.32 Å². The third-order valence-electron chi connectivity index (χ3n) is 3.93. The van der Waals surface area contributed by atoms with E-state index in [1.54, 1.807) is 0 Å². The van der Waals surface area contributed by atoms with Gasteiger partial charge in [-0.2, -0.15) is 0 Å². The molecule has 0 aliphatic heterocycles. The van der Waals surface area contributed by atoms with Crippen molar-refractivity contribution in [1.29, 1.82) is 0 Å². The maximum absolute atomic E-state index is 10.4. The van der Waals surface area contributed by atoms with Crippen molar-refractivity contribution in [3.05, 3.63) is 84.1 Å². The summed E-state index contributed by atoms with van der Waals surface area (Å²) >= 11 is 0. The lowest BCUT2D eigenvalue weighted by Crippen LogP contribution is -2.31. The molecule has 0 aliphatic carbocycles. The second-order valence-corrected chi connectivity index (χ2v) is 5.66. The molecule has 3 heteroatoms. The zero-order chi connectivity index (χ0) is 16.1. The summed E-state index contributed by atoms with van der Waals surface area (Å²) in [6.07, 6.45) is -0.542. The van der Waals surface area contributed by atoms with Crippen molar-refractivity contribution < 1.29 is 9.52 Å². The van der Waals surface area contributed by atoms with Crippen molar-refractivity contribution >= 4 is 0 Å². The van der Waals surface area contributed by atoms with E-state index in [4.69, 9.17) is 4.42 Å². The predicted octanol–water partition coefficient (Wildman–Crippen LogP) is 4.16. The smallest absolute Gasteiger partial charge is 0.134 e. The van der Waals surface area contributed by atoms with Gasteiger partial charge in [-0.3, -0.25) is 0 Å². The van der Waals surface area contributed by atoms with Gasteiger partial charge in [-0.25, -0.2) is 0 Å². The van der Waals surface area contributed by atoms with Crippen LogP contribution in [0.25, 0.3) is 11.3 Å². The van der Waals surface area contributed by atoms with Crippen LogP contribution in [-0.4, -0.2) is 11.1 Å². The number of aliphatic hydroxyl groups excluding tert-OH is 1. The number of furan rings is 1. The van der Waals surface area contributed by atoms with E-state index in [1.807, 2.05) is 79.7 Å². The van der Waals surface area contributed by atoms with Crippen LogP contribution < -0.4 is 5.32 Å². The Morgan fingerprint density at radius 2 is 1.57 bits per heavy atom. The van der Waals surface area contributed by atoms with Crippen molar-refractivity contribution in [2.24, 2.45) is 0 Å². The van der Waals surface area contributed by atoms with Gasteiger partial charge in [0.1, 0.15) is 11.5 Å². The molecule has 23 heavy (non-hydrogen) atoms. The first kappa shape index (κ1) is 15.5. The SMILES string of the molecule is C[C@@H](NCc1ccc(-c2ccccc2)o1)[C@H](O)c1ccccc1. The molecule has 0 unspecified atom stereocenters. The van der Waals surface area contributed by atoms with Gasteiger partial charge in [-0.1, -0.05) is 60.7 Å². The Morgan fingerprint density at radius 3 is 2.26 bits per heavy atom. The monoisotopic (exact) mass is 307 g/mol. The van der Waals surface area contributed by atoms with Crippen molar-refractivity contribution in [2.45, 2.75) is 25.6 Å². The van der Waals surface area contributed by atoms with E-state index in [0.29, 0.717) is 6.54 Å². The number of rotatable bonds is 6. The zero-order valence-electron chi connectivity index (χ0n) is 13.1. The standard InChI is InChI=1S/C20H21NO2/c1-15(20(22)17-10-6-3-7-11-17)21-14-18-12-13-19(23-18)16-8-4-2-5-9-16/h2-13,15,20-22H,14H2,1H3/t15-,20+/m1/s1. The van der Waals surface area contributed by atoms with Crippen molar-refractivity contribution in [2.75, 3.05) is 0 Å². The molecule has 2 atom stereocenters. The molecule has 0 saturated carbocycles. The molecule has 3 aromatic rings. The van der Waals surface area contributed by atoms with E-state index in [9.17, 15) is 5.11 Å². The van der Waals surface area contributed by atoms with Gasteiger partial charge in [0.25, 0.3) is 0 Å². The first-order chi connectivity index (χ1) is 11.2. The highest BCUT2D eigenvalue weighted by Gasteiger charge is 2.16. The molecule has 0 radical (unpaired) electrons. The normalized spacial score (nSPS) is 13.7. The molecule has 2 aromatic carbocycles. The quantitative estimate of drug-likeness (QED) is 0.719. The van der Waals surface area contributed by atoms with Crippen LogP contribution in [0.15, 0.2) is 77.2 Å². The Morgan fingerprint density at radius 1 is 0.913 bits per heavy atom. The van der Waals surface area contributed by atoms with Crippen LogP contribution in [0.5, 0.6) is 0 Å². The average molecular weight is 307 g/mol. The molecule has 0 saturated heterocycles. The van der Waals surface area contributed by atoms with Crippen LogP contribution in [-0.2, 0) is 6.54 Å². The fourth-order valence-electron chi connectivity index (χ4n) is 2.54. The lowest BCUT2D eigenvalue weighted by atomic mass is 10.0. The minimum Gasteiger partial charge on any atom is -0.460 e. The molecule has 118 valence electrons. The molecule has 0 aliphatic rings. The molecule has 2 N–H and O–H groups in total. The van der Waals surface area contributed by atoms with E-state index in [1.165, 1.54) is 0 Å². The molecule has 0 spiro atoms. The summed E-state index contributed by atoms with van der Waals surface area (Å²) in [5.41, 5.74) is 1.98. The minimum atomic E-state index is -0.542. The lowest BCUT2D eigenvalue weighted by Gasteiger charge is -2.20. The first-order valence-corrected chi connectivity index (χ1v) is 7.84. The number of nitrogens with one attached hydrogen (secondary N) is 1. The molecule has 3 rings (SSSR count). The summed E-state index contributed by atoms with van der Waals surface area (Å²) in [7, 11) is 0. The van der Waals surface area contributed by atoms with Crippen molar-refractivity contribution in [3.8, 4) is 11.3 Å². The van der Waals surface area contributed by atoms with Gasteiger partial charge in [0.2, 0.25) is 0 Å². The van der Waals surface area contributed by atoms with Crippen LogP contribution in [0.3, 0.4) is 0 Å². The number of hydrogen-bond acceptors (Lipinski definition) is 3. The Kier molecular flexibility index (Phi) is 4.91. The third kappa shape index (κ3) is 3.89. The molecule has 1 heterocycles. The number of aliphatic hydroxyl groups is 1. The molecule has 0 bridgehead atoms. The molecule has 3 nitrogen and oxygen atoms in total. The predicted molar refractivity (Wildman–Crippen MR) is 91.8 cm³/mol. The maximum atomic E-state index is 10.4. The summed E-state index contributed by atoms with van der Waals surface area (Å²) in [5.74, 6) is 1.72. The van der Waals surface area contributed by atoms with Gasteiger partial charge < -0.3 is 14.8 Å². The Labute approximate surface area is 136 Å². The second-order valence-electron chi connectivity index (χ2n) is 5.66. The third-order valence-corrected chi connectivity index (χ3v) is 3.93. The van der Waals surface area contributed by atoms with Gasteiger partial charge in [0.15, 0.2) is 0 Å². The van der Waals surface area contributed by atoms with Crippen LogP contribution in [0, 0.1) is 0 Å². The van der Waals surface area contributed by atoms with Gasteiger partial charge in [0.05, 0.1) is 12.6 Å². The highest BCUT2D eigenvalue weighted by Crippen LogP contribution is 2.22. The maximum Gasteiger partial charge on any atom is 0.134 e. The molecule has 0 fully saturated rings. The number of benzene rings is 2. The van der Waals surface area contributed by atoms with Crippen LogP contribution >= 0.6 is 0 Å². The summed E-state index contributed by atoms with van der Waals surface area (Å²) in [5, 5.41) is 13.7. The van der Waals surface area contributed by atoms with Crippen LogP contribution in [0.4, 0.5) is 0 Å². The summed E-state index contributed by atoms with van der Waals surface area (Å²) in [6, 6.07) is 23.6. The van der Waals surface area contributed by atoms with Gasteiger partial charge >= 0.3 is 0 Å². The topological polar surface area (TPSA) is 45.4 Å². The lowest BCUT2D eigenvalue weighted by molar-refractivity contribution is 0.134.